The molecule has 2 rings (SSSR count). The Balaban J connectivity index is 1.61. The van der Waals surface area contributed by atoms with Crippen LogP contribution < -0.4 is 5.32 Å². The minimum Gasteiger partial charge on any atom is -0.375 e. The van der Waals surface area contributed by atoms with Crippen LogP contribution >= 0.6 is 0 Å². The van der Waals surface area contributed by atoms with Crippen LogP contribution in [-0.4, -0.2) is 50.3 Å². The summed E-state index contributed by atoms with van der Waals surface area (Å²) in [6.45, 7) is 9.52. The molecule has 0 aromatic heterocycles. The van der Waals surface area contributed by atoms with Gasteiger partial charge in [0.1, 0.15) is 0 Å². The molecular weight excluding hydrogens is 248 g/mol. The number of nitrogens with zero attached hydrogens (tertiary/aromatic N) is 1. The predicted octanol–water partition coefficient (Wildman–Crippen LogP) is 2.90. The molecule has 20 heavy (non-hydrogen) atoms. The molecule has 1 heterocycles. The van der Waals surface area contributed by atoms with Crippen molar-refractivity contribution in [1.82, 2.24) is 10.2 Å². The molecule has 1 N–H and O–H groups in total. The van der Waals surface area contributed by atoms with Crippen molar-refractivity contribution < 1.29 is 4.74 Å². The van der Waals surface area contributed by atoms with Crippen molar-refractivity contribution in [1.29, 1.82) is 0 Å². The monoisotopic (exact) mass is 282 g/mol. The van der Waals surface area contributed by atoms with E-state index < -0.39 is 0 Å². The van der Waals surface area contributed by atoms with E-state index in [0.29, 0.717) is 12.2 Å². The molecule has 118 valence electrons. The van der Waals surface area contributed by atoms with Crippen molar-refractivity contribution >= 4 is 0 Å². The summed E-state index contributed by atoms with van der Waals surface area (Å²) >= 11 is 0. The average molecular weight is 282 g/mol. The van der Waals surface area contributed by atoms with E-state index in [9.17, 15) is 0 Å². The molecule has 3 nitrogen and oxygen atoms in total. The van der Waals surface area contributed by atoms with Gasteiger partial charge in [-0.05, 0) is 64.0 Å². The lowest BCUT2D eigenvalue weighted by Crippen LogP contribution is -2.40. The molecule has 0 atom stereocenters. The molecule has 0 spiro atoms. The van der Waals surface area contributed by atoms with Crippen LogP contribution in [-0.2, 0) is 4.74 Å². The molecule has 1 aliphatic heterocycles. The normalized spacial score (nSPS) is 30.0. The smallest absolute Gasteiger partial charge is 0.0603 e. The first-order valence-corrected chi connectivity index (χ1v) is 8.69. The van der Waals surface area contributed by atoms with Crippen LogP contribution in [0.2, 0.25) is 0 Å². The number of piperidine rings is 1. The van der Waals surface area contributed by atoms with Crippen LogP contribution in [0.4, 0.5) is 0 Å². The zero-order valence-corrected chi connectivity index (χ0v) is 13.7. The molecule has 0 aromatic rings. The molecule has 2 aliphatic rings. The van der Waals surface area contributed by atoms with Gasteiger partial charge in [-0.1, -0.05) is 13.8 Å². The van der Waals surface area contributed by atoms with Crippen LogP contribution in [0.5, 0.6) is 0 Å². The first kappa shape index (κ1) is 16.3. The van der Waals surface area contributed by atoms with Gasteiger partial charge in [-0.25, -0.2) is 0 Å². The van der Waals surface area contributed by atoms with Crippen LogP contribution in [0.25, 0.3) is 0 Å². The number of rotatable bonds is 6. The maximum absolute atomic E-state index is 6.36. The average Bonchev–Trinajstić information content (AvgIpc) is 2.43. The zero-order chi connectivity index (χ0) is 14.4. The molecule has 0 radical (unpaired) electrons. The molecule has 1 saturated heterocycles. The van der Waals surface area contributed by atoms with Crippen molar-refractivity contribution in [3.05, 3.63) is 0 Å². The Morgan fingerprint density at radius 1 is 1.00 bits per heavy atom. The van der Waals surface area contributed by atoms with E-state index in [2.05, 4.69) is 31.1 Å². The van der Waals surface area contributed by atoms with Crippen LogP contribution in [0.1, 0.15) is 52.4 Å². The Morgan fingerprint density at radius 3 is 2.15 bits per heavy atom. The highest BCUT2D eigenvalue weighted by Crippen LogP contribution is 2.28. The van der Waals surface area contributed by atoms with Crippen LogP contribution in [0, 0.1) is 11.8 Å². The number of hydrogen-bond acceptors (Lipinski definition) is 3. The summed E-state index contributed by atoms with van der Waals surface area (Å²) in [4.78, 5) is 2.61. The van der Waals surface area contributed by atoms with Crippen molar-refractivity contribution in [3.63, 3.8) is 0 Å². The lowest BCUT2D eigenvalue weighted by atomic mass is 9.87. The first-order chi connectivity index (χ1) is 9.67. The molecular formula is C17H34N2O. The largest absolute Gasteiger partial charge is 0.375 e. The third-order valence-corrected chi connectivity index (χ3v) is 4.83. The summed E-state index contributed by atoms with van der Waals surface area (Å²) in [5.41, 5.74) is 0. The standard InChI is InChI=1S/C17H34N2O/c1-14(2)13-19-10-8-17(9-11-19)20-16-6-4-15(5-7-16)12-18-3/h14-18H,4-13H2,1-3H3. The van der Waals surface area contributed by atoms with E-state index in [1.54, 1.807) is 0 Å². The highest BCUT2D eigenvalue weighted by Gasteiger charge is 2.26. The fourth-order valence-electron chi connectivity index (χ4n) is 3.78. The zero-order valence-electron chi connectivity index (χ0n) is 13.7. The second-order valence-electron chi connectivity index (χ2n) is 7.23. The molecule has 1 aliphatic carbocycles. The predicted molar refractivity (Wildman–Crippen MR) is 85.1 cm³/mol. The fourth-order valence-corrected chi connectivity index (χ4v) is 3.78. The van der Waals surface area contributed by atoms with E-state index in [-0.39, 0.29) is 0 Å². The molecule has 3 heteroatoms. The molecule has 1 saturated carbocycles. The third kappa shape index (κ3) is 5.34. The van der Waals surface area contributed by atoms with Gasteiger partial charge in [0.15, 0.2) is 0 Å². The van der Waals surface area contributed by atoms with E-state index in [1.165, 1.54) is 64.7 Å². The van der Waals surface area contributed by atoms with Gasteiger partial charge in [0.25, 0.3) is 0 Å². The molecule has 0 unspecified atom stereocenters. The van der Waals surface area contributed by atoms with E-state index in [1.807, 2.05) is 0 Å². The second-order valence-corrected chi connectivity index (χ2v) is 7.23. The van der Waals surface area contributed by atoms with Gasteiger partial charge in [0.05, 0.1) is 12.2 Å². The number of nitrogens with one attached hydrogen (secondary N) is 1. The Kier molecular flexibility index (Phi) is 6.79. The van der Waals surface area contributed by atoms with Gasteiger partial charge in [0, 0.05) is 19.6 Å². The van der Waals surface area contributed by atoms with E-state index in [0.717, 1.165) is 11.8 Å². The molecule has 0 amide bonds. The number of ether oxygens (including phenoxy) is 1. The Bertz CT molecular complexity index is 254. The number of hydrogen-bond donors (Lipinski definition) is 1. The maximum atomic E-state index is 6.36. The molecule has 0 aromatic carbocycles. The summed E-state index contributed by atoms with van der Waals surface area (Å²) in [6, 6.07) is 0. The Hall–Kier alpha value is -0.120. The highest BCUT2D eigenvalue weighted by molar-refractivity contribution is 4.78. The van der Waals surface area contributed by atoms with Gasteiger partial charge in [-0.15, -0.1) is 0 Å². The minimum absolute atomic E-state index is 0.532. The summed E-state index contributed by atoms with van der Waals surface area (Å²) in [5.74, 6) is 1.67. The highest BCUT2D eigenvalue weighted by atomic mass is 16.5. The van der Waals surface area contributed by atoms with Crippen molar-refractivity contribution in [3.8, 4) is 0 Å². The van der Waals surface area contributed by atoms with Crippen molar-refractivity contribution in [2.75, 3.05) is 33.2 Å². The topological polar surface area (TPSA) is 24.5 Å². The van der Waals surface area contributed by atoms with Gasteiger partial charge in [0.2, 0.25) is 0 Å². The maximum Gasteiger partial charge on any atom is 0.0603 e. The number of likely N-dealkylation sites (tertiary alicyclic amines) is 1. The quantitative estimate of drug-likeness (QED) is 0.811. The summed E-state index contributed by atoms with van der Waals surface area (Å²) in [6.07, 6.45) is 8.80. The second kappa shape index (κ2) is 8.35. The fraction of sp³-hybridized carbons (Fsp3) is 1.00. The first-order valence-electron chi connectivity index (χ1n) is 8.69. The van der Waals surface area contributed by atoms with Gasteiger partial charge in [-0.3, -0.25) is 0 Å². The lowest BCUT2D eigenvalue weighted by Gasteiger charge is -2.36. The van der Waals surface area contributed by atoms with E-state index >= 15 is 0 Å². The molecule has 2 fully saturated rings. The summed E-state index contributed by atoms with van der Waals surface area (Å²) < 4.78 is 6.36. The summed E-state index contributed by atoms with van der Waals surface area (Å²) in [7, 11) is 2.06. The van der Waals surface area contributed by atoms with Crippen molar-refractivity contribution in [2.45, 2.75) is 64.6 Å². The lowest BCUT2D eigenvalue weighted by molar-refractivity contribution is -0.0614. The van der Waals surface area contributed by atoms with Gasteiger partial charge >= 0.3 is 0 Å². The molecule has 0 bridgehead atoms. The third-order valence-electron chi connectivity index (χ3n) is 4.83. The SMILES string of the molecule is CNCC1CCC(OC2CCN(CC(C)C)CC2)CC1. The Labute approximate surface area is 125 Å². The van der Waals surface area contributed by atoms with Gasteiger partial charge in [-0.2, -0.15) is 0 Å². The van der Waals surface area contributed by atoms with E-state index in [4.69, 9.17) is 4.74 Å². The minimum atomic E-state index is 0.532. The van der Waals surface area contributed by atoms with Crippen LogP contribution in [0.15, 0.2) is 0 Å². The van der Waals surface area contributed by atoms with Crippen LogP contribution in [0.3, 0.4) is 0 Å². The van der Waals surface area contributed by atoms with Gasteiger partial charge < -0.3 is 15.0 Å². The Morgan fingerprint density at radius 2 is 1.60 bits per heavy atom. The summed E-state index contributed by atoms with van der Waals surface area (Å²) in [5, 5.41) is 3.31. The van der Waals surface area contributed by atoms with Crippen molar-refractivity contribution in [2.24, 2.45) is 11.8 Å².